The molecule has 0 fully saturated rings. The van der Waals surface area contributed by atoms with Gasteiger partial charge < -0.3 is 9.80 Å². The van der Waals surface area contributed by atoms with E-state index < -0.39 is 5.41 Å². The number of para-hydroxylation sites is 4. The molecule has 16 rings (SSSR count). The van der Waals surface area contributed by atoms with Gasteiger partial charge in [-0.15, -0.1) is 0 Å². The van der Waals surface area contributed by atoms with Crippen LogP contribution in [0.1, 0.15) is 104 Å². The van der Waals surface area contributed by atoms with E-state index in [4.69, 9.17) is 0 Å². The number of benzene rings is 12. The molecule has 0 saturated carbocycles. The summed E-state index contributed by atoms with van der Waals surface area (Å²) in [6.07, 6.45) is 0. The maximum atomic E-state index is 15.7. The van der Waals surface area contributed by atoms with E-state index in [2.05, 4.69) is 292 Å². The van der Waals surface area contributed by atoms with Gasteiger partial charge in [0, 0.05) is 67.2 Å². The molecule has 4 aliphatic carbocycles. The fraction of sp³-hybridized carbons (Fsp3) is 0.0864. The van der Waals surface area contributed by atoms with Crippen LogP contribution in [0.25, 0.3) is 44.5 Å². The Morgan fingerprint density at radius 2 is 0.482 bits per heavy atom. The molecule has 0 radical (unpaired) electrons. The van der Waals surface area contributed by atoms with Crippen molar-refractivity contribution in [2.45, 2.75) is 43.9 Å². The number of anilines is 6. The zero-order valence-corrected chi connectivity index (χ0v) is 47.8. The third kappa shape index (κ3) is 7.41. The van der Waals surface area contributed by atoms with Crippen LogP contribution in [0, 0.1) is 0 Å². The monoisotopic (exact) mass is 1090 g/mol. The molecule has 4 heteroatoms. The van der Waals surface area contributed by atoms with Crippen molar-refractivity contribution in [3.63, 3.8) is 0 Å². The summed E-state index contributed by atoms with van der Waals surface area (Å²) in [4.78, 5) is 36.0. The number of fused-ring (bicyclic) bond motifs is 16. The van der Waals surface area contributed by atoms with Crippen LogP contribution in [0.3, 0.4) is 0 Å². The van der Waals surface area contributed by atoms with Crippen molar-refractivity contribution in [3.8, 4) is 44.5 Å². The third-order valence-corrected chi connectivity index (χ3v) is 19.0. The number of nitrogens with zero attached hydrogens (tertiary/aromatic N) is 2. The molecule has 4 aliphatic rings. The SMILES string of the molecule is CC1(C)c2ccccc2-c2ccc(C(=O)c3ccc4c(c3)C3(c5cc(C(=O)c6ccc7c(c6)C(C)(C)c6ccccc6-7)ccc5-4)c4cc(N(c5ccccc5)c5ccccc5)ccc4-c4ccc(N(c5ccccc5)c5ccccc5)cc43)cc21. The quantitative estimate of drug-likeness (QED) is 0.128. The molecule has 12 aromatic carbocycles. The first-order valence-corrected chi connectivity index (χ1v) is 29.5. The van der Waals surface area contributed by atoms with E-state index in [-0.39, 0.29) is 22.4 Å². The summed E-state index contributed by atoms with van der Waals surface area (Å²) in [6, 6.07) is 98.6. The van der Waals surface area contributed by atoms with Gasteiger partial charge in [-0.25, -0.2) is 0 Å². The molecule has 0 aromatic heterocycles. The smallest absolute Gasteiger partial charge is 0.193 e. The maximum absolute atomic E-state index is 15.7. The first-order chi connectivity index (χ1) is 41.5. The van der Waals surface area contributed by atoms with E-state index in [1.165, 1.54) is 33.4 Å². The van der Waals surface area contributed by atoms with E-state index in [1.54, 1.807) is 0 Å². The molecule has 0 saturated heterocycles. The van der Waals surface area contributed by atoms with Crippen molar-refractivity contribution in [2.75, 3.05) is 9.80 Å². The topological polar surface area (TPSA) is 40.6 Å². The second-order valence-corrected chi connectivity index (χ2v) is 24.3. The second kappa shape index (κ2) is 18.8. The molecule has 0 bridgehead atoms. The van der Waals surface area contributed by atoms with Gasteiger partial charge in [-0.2, -0.15) is 0 Å². The summed E-state index contributed by atoms with van der Waals surface area (Å²) in [5, 5.41) is 0. The van der Waals surface area contributed by atoms with Crippen LogP contribution in [0.4, 0.5) is 34.1 Å². The number of ketones is 2. The Kier molecular flexibility index (Phi) is 11.1. The van der Waals surface area contributed by atoms with Crippen molar-refractivity contribution < 1.29 is 9.59 Å². The fourth-order valence-electron chi connectivity index (χ4n) is 15.0. The first kappa shape index (κ1) is 50.3. The van der Waals surface area contributed by atoms with E-state index >= 15 is 9.59 Å². The van der Waals surface area contributed by atoms with E-state index in [9.17, 15) is 0 Å². The van der Waals surface area contributed by atoms with Crippen LogP contribution in [0.15, 0.2) is 279 Å². The lowest BCUT2D eigenvalue weighted by Gasteiger charge is -2.33. The number of rotatable bonds is 10. The van der Waals surface area contributed by atoms with Gasteiger partial charge in [-0.05, 0) is 186 Å². The lowest BCUT2D eigenvalue weighted by Crippen LogP contribution is -2.27. The lowest BCUT2D eigenvalue weighted by molar-refractivity contribution is 0.103. The van der Waals surface area contributed by atoms with E-state index in [1.807, 2.05) is 24.3 Å². The normalized spacial score (nSPS) is 14.3. The number of carbonyl (C=O) groups is 2. The Hall–Kier alpha value is -10.4. The van der Waals surface area contributed by atoms with Crippen LogP contribution >= 0.6 is 0 Å². The minimum atomic E-state index is -1.03. The van der Waals surface area contributed by atoms with Gasteiger partial charge in [0.2, 0.25) is 0 Å². The number of carbonyl (C=O) groups excluding carboxylic acids is 2. The van der Waals surface area contributed by atoms with Gasteiger partial charge in [0.15, 0.2) is 11.6 Å². The minimum Gasteiger partial charge on any atom is -0.310 e. The van der Waals surface area contributed by atoms with Gasteiger partial charge in [0.25, 0.3) is 0 Å². The molecule has 85 heavy (non-hydrogen) atoms. The zero-order valence-electron chi connectivity index (χ0n) is 47.8. The summed E-state index contributed by atoms with van der Waals surface area (Å²) < 4.78 is 0. The van der Waals surface area contributed by atoms with Gasteiger partial charge >= 0.3 is 0 Å². The van der Waals surface area contributed by atoms with Crippen LogP contribution < -0.4 is 9.80 Å². The molecule has 1 spiro atoms. The molecule has 0 N–H and O–H groups in total. The third-order valence-electron chi connectivity index (χ3n) is 19.0. The molecular weight excluding hydrogens is 1030 g/mol. The Morgan fingerprint density at radius 1 is 0.235 bits per heavy atom. The molecular formula is C81H58N2O2. The van der Waals surface area contributed by atoms with Crippen LogP contribution in [-0.2, 0) is 16.2 Å². The summed E-state index contributed by atoms with van der Waals surface area (Å²) in [7, 11) is 0. The summed E-state index contributed by atoms with van der Waals surface area (Å²) in [5.74, 6) is -0.0822. The highest BCUT2D eigenvalue weighted by molar-refractivity contribution is 6.13. The van der Waals surface area contributed by atoms with Crippen LogP contribution in [0.2, 0.25) is 0 Å². The molecule has 12 aromatic rings. The molecule has 0 heterocycles. The van der Waals surface area contributed by atoms with Crippen molar-refractivity contribution >= 4 is 45.7 Å². The van der Waals surface area contributed by atoms with E-state index in [0.717, 1.165) is 89.8 Å². The highest BCUT2D eigenvalue weighted by atomic mass is 16.1. The van der Waals surface area contributed by atoms with Crippen molar-refractivity contribution in [2.24, 2.45) is 0 Å². The van der Waals surface area contributed by atoms with Crippen LogP contribution in [0.5, 0.6) is 0 Å². The summed E-state index contributed by atoms with van der Waals surface area (Å²) in [5.41, 5.74) is 24.9. The highest BCUT2D eigenvalue weighted by Crippen LogP contribution is 2.65. The average Bonchev–Trinajstić information content (AvgIpc) is 1.52. The van der Waals surface area contributed by atoms with Crippen molar-refractivity contribution in [1.29, 1.82) is 0 Å². The highest BCUT2D eigenvalue weighted by Gasteiger charge is 2.53. The summed E-state index contributed by atoms with van der Waals surface area (Å²) in [6.45, 7) is 9.04. The standard InChI is InChI=1S/C81H58N2O2/c1-79(2)69-31-19-17-29-61(69)63-39-33-51(45-71(63)79)77(84)53-35-41-65-66-42-36-54(78(85)52-34-40-64-62-30-18-20-32-70(62)80(3,4)72(64)46-52)48-74(66)81(73(65)47-53)75-49-59(82(55-21-9-5-10-22-55)56-23-11-6-12-24-56)37-43-67(75)68-44-38-60(50-76(68)81)83(57-25-13-7-14-26-57)58-27-15-8-16-28-58/h5-50H,1-4H3. The second-order valence-electron chi connectivity index (χ2n) is 24.3. The van der Waals surface area contributed by atoms with Crippen LogP contribution in [-0.4, -0.2) is 11.6 Å². The fourth-order valence-corrected chi connectivity index (χ4v) is 15.0. The minimum absolute atomic E-state index is 0.0411. The van der Waals surface area contributed by atoms with E-state index in [0.29, 0.717) is 22.3 Å². The van der Waals surface area contributed by atoms with Gasteiger partial charge in [-0.1, -0.05) is 210 Å². The number of hydrogen-bond donors (Lipinski definition) is 0. The Balaban J connectivity index is 0.951. The largest absolute Gasteiger partial charge is 0.310 e. The van der Waals surface area contributed by atoms with Crippen molar-refractivity contribution in [1.82, 2.24) is 0 Å². The van der Waals surface area contributed by atoms with Gasteiger partial charge in [0.1, 0.15) is 0 Å². The Labute approximate surface area is 496 Å². The van der Waals surface area contributed by atoms with Gasteiger partial charge in [0.05, 0.1) is 5.41 Å². The first-order valence-electron chi connectivity index (χ1n) is 29.5. The molecule has 0 atom stereocenters. The number of hydrogen-bond acceptors (Lipinski definition) is 4. The van der Waals surface area contributed by atoms with Crippen molar-refractivity contribution in [3.05, 3.63) is 346 Å². The Bertz CT molecular complexity index is 4370. The average molecular weight is 1090 g/mol. The predicted molar refractivity (Wildman–Crippen MR) is 347 cm³/mol. The van der Waals surface area contributed by atoms with Gasteiger partial charge in [-0.3, -0.25) is 9.59 Å². The predicted octanol–water partition coefficient (Wildman–Crippen LogP) is 20.0. The molecule has 404 valence electrons. The summed E-state index contributed by atoms with van der Waals surface area (Å²) >= 11 is 0. The zero-order chi connectivity index (χ0) is 57.3. The lowest BCUT2D eigenvalue weighted by atomic mass is 9.69. The molecule has 4 nitrogen and oxygen atoms in total. The molecule has 0 amide bonds. The Morgan fingerprint density at radius 3 is 0.812 bits per heavy atom. The molecule has 0 aliphatic heterocycles. The molecule has 0 unspecified atom stereocenters. The maximum Gasteiger partial charge on any atom is 0.193 e.